The molecule has 0 saturated carbocycles. The Morgan fingerprint density at radius 1 is 1.05 bits per heavy atom. The Bertz CT molecular complexity index is 600. The van der Waals surface area contributed by atoms with Gasteiger partial charge in [0.05, 0.1) is 7.11 Å². The maximum atomic E-state index is 12.0. The molecule has 0 aliphatic heterocycles. The van der Waals surface area contributed by atoms with Crippen LogP contribution in [0, 0.1) is 5.92 Å². The van der Waals surface area contributed by atoms with Gasteiger partial charge in [0, 0.05) is 22.6 Å². The van der Waals surface area contributed by atoms with E-state index in [1.165, 1.54) is 10.5 Å². The molecule has 0 fully saturated rings. The number of thioether (sulfide) groups is 1. The average molecular weight is 314 g/mol. The molecule has 116 valence electrons. The van der Waals surface area contributed by atoms with E-state index in [1.807, 2.05) is 36.4 Å². The van der Waals surface area contributed by atoms with E-state index in [9.17, 15) is 4.79 Å². The molecule has 3 heteroatoms. The van der Waals surface area contributed by atoms with E-state index in [0.717, 1.165) is 17.1 Å². The fourth-order valence-corrected chi connectivity index (χ4v) is 2.97. The van der Waals surface area contributed by atoms with Gasteiger partial charge in [-0.2, -0.15) is 0 Å². The Morgan fingerprint density at radius 2 is 1.68 bits per heavy atom. The van der Waals surface area contributed by atoms with Crippen LogP contribution in [0.2, 0.25) is 0 Å². The SMILES string of the molecule is COc1ccc(CSc2ccc(C(=O)CC(C)C)cc2)cc1. The number of methoxy groups -OCH3 is 1. The molecule has 0 aliphatic rings. The molecule has 0 aliphatic carbocycles. The lowest BCUT2D eigenvalue weighted by atomic mass is 10.0. The van der Waals surface area contributed by atoms with Crippen molar-refractivity contribution in [1.82, 2.24) is 0 Å². The summed E-state index contributed by atoms with van der Waals surface area (Å²) < 4.78 is 5.16. The third-order valence-electron chi connectivity index (χ3n) is 3.33. The molecule has 0 radical (unpaired) electrons. The summed E-state index contributed by atoms with van der Waals surface area (Å²) in [4.78, 5) is 13.2. The third-order valence-corrected chi connectivity index (χ3v) is 4.42. The molecule has 0 unspecified atom stereocenters. The predicted octanol–water partition coefficient (Wildman–Crippen LogP) is 5.22. The van der Waals surface area contributed by atoms with E-state index >= 15 is 0 Å². The minimum absolute atomic E-state index is 0.224. The predicted molar refractivity (Wildman–Crippen MR) is 92.8 cm³/mol. The van der Waals surface area contributed by atoms with Crippen LogP contribution in [0.5, 0.6) is 5.75 Å². The average Bonchev–Trinajstić information content (AvgIpc) is 2.53. The van der Waals surface area contributed by atoms with Gasteiger partial charge >= 0.3 is 0 Å². The zero-order valence-corrected chi connectivity index (χ0v) is 14.2. The van der Waals surface area contributed by atoms with Crippen molar-refractivity contribution in [3.8, 4) is 5.75 Å². The highest BCUT2D eigenvalue weighted by Gasteiger charge is 2.08. The molecule has 2 aromatic carbocycles. The first-order valence-electron chi connectivity index (χ1n) is 7.47. The lowest BCUT2D eigenvalue weighted by Crippen LogP contribution is -2.03. The van der Waals surface area contributed by atoms with Crippen molar-refractivity contribution in [3.05, 3.63) is 59.7 Å². The minimum Gasteiger partial charge on any atom is -0.497 e. The summed E-state index contributed by atoms with van der Waals surface area (Å²) in [5.41, 5.74) is 2.06. The molecule has 0 spiro atoms. The van der Waals surface area contributed by atoms with Crippen molar-refractivity contribution in [3.63, 3.8) is 0 Å². The number of carbonyl (C=O) groups is 1. The van der Waals surface area contributed by atoms with Crippen LogP contribution in [0.15, 0.2) is 53.4 Å². The van der Waals surface area contributed by atoms with Crippen LogP contribution < -0.4 is 4.74 Å². The molecule has 2 aromatic rings. The van der Waals surface area contributed by atoms with E-state index in [4.69, 9.17) is 4.74 Å². The molecule has 0 N–H and O–H groups in total. The van der Waals surface area contributed by atoms with Crippen LogP contribution in [-0.2, 0) is 5.75 Å². The van der Waals surface area contributed by atoms with Crippen molar-refractivity contribution in [1.29, 1.82) is 0 Å². The molecular formula is C19H22O2S. The van der Waals surface area contributed by atoms with E-state index in [2.05, 4.69) is 26.0 Å². The molecule has 0 amide bonds. The number of Topliss-reactive ketones (excluding diaryl/α,β-unsaturated/α-hetero) is 1. The van der Waals surface area contributed by atoms with E-state index in [-0.39, 0.29) is 5.78 Å². The van der Waals surface area contributed by atoms with Gasteiger partial charge in [-0.15, -0.1) is 11.8 Å². The first-order valence-corrected chi connectivity index (χ1v) is 8.46. The second kappa shape index (κ2) is 8.04. The summed E-state index contributed by atoms with van der Waals surface area (Å²) in [5, 5.41) is 0. The number of benzene rings is 2. The minimum atomic E-state index is 0.224. The van der Waals surface area contributed by atoms with Gasteiger partial charge in [0.15, 0.2) is 5.78 Å². The zero-order chi connectivity index (χ0) is 15.9. The van der Waals surface area contributed by atoms with Gasteiger partial charge in [-0.25, -0.2) is 0 Å². The molecule has 0 aromatic heterocycles. The van der Waals surface area contributed by atoms with Crippen LogP contribution >= 0.6 is 11.8 Å². The van der Waals surface area contributed by atoms with E-state index in [0.29, 0.717) is 12.3 Å². The van der Waals surface area contributed by atoms with Crippen LogP contribution in [-0.4, -0.2) is 12.9 Å². The summed E-state index contributed by atoms with van der Waals surface area (Å²) in [7, 11) is 1.67. The Balaban J connectivity index is 1.92. The molecular weight excluding hydrogens is 292 g/mol. The largest absolute Gasteiger partial charge is 0.497 e. The van der Waals surface area contributed by atoms with Crippen LogP contribution in [0.25, 0.3) is 0 Å². The Kier molecular flexibility index (Phi) is 6.08. The smallest absolute Gasteiger partial charge is 0.163 e. The van der Waals surface area contributed by atoms with E-state index in [1.54, 1.807) is 18.9 Å². The van der Waals surface area contributed by atoms with Crippen molar-refractivity contribution in [2.24, 2.45) is 5.92 Å². The third kappa shape index (κ3) is 4.92. The van der Waals surface area contributed by atoms with Crippen LogP contribution in [0.3, 0.4) is 0 Å². The van der Waals surface area contributed by atoms with Crippen molar-refractivity contribution >= 4 is 17.5 Å². The Hall–Kier alpha value is -1.74. The fraction of sp³-hybridized carbons (Fsp3) is 0.316. The van der Waals surface area contributed by atoms with Crippen molar-refractivity contribution in [2.45, 2.75) is 30.9 Å². The fourth-order valence-electron chi connectivity index (χ4n) is 2.11. The summed E-state index contributed by atoms with van der Waals surface area (Å²) in [6.07, 6.45) is 0.609. The molecule has 0 bridgehead atoms. The normalized spacial score (nSPS) is 10.7. The van der Waals surface area contributed by atoms with Gasteiger partial charge in [-0.1, -0.05) is 38.1 Å². The number of rotatable bonds is 7. The molecule has 0 atom stereocenters. The van der Waals surface area contributed by atoms with Gasteiger partial charge in [0.1, 0.15) is 5.75 Å². The summed E-state index contributed by atoms with van der Waals surface area (Å²) >= 11 is 1.77. The van der Waals surface area contributed by atoms with Crippen molar-refractivity contribution in [2.75, 3.05) is 7.11 Å². The molecule has 0 saturated heterocycles. The van der Waals surface area contributed by atoms with Crippen LogP contribution in [0.1, 0.15) is 36.2 Å². The van der Waals surface area contributed by atoms with Crippen molar-refractivity contribution < 1.29 is 9.53 Å². The monoisotopic (exact) mass is 314 g/mol. The first kappa shape index (κ1) is 16.6. The number of ether oxygens (including phenoxy) is 1. The number of carbonyl (C=O) groups excluding carboxylic acids is 1. The second-order valence-electron chi connectivity index (χ2n) is 5.68. The quantitative estimate of drug-likeness (QED) is 0.518. The highest BCUT2D eigenvalue weighted by molar-refractivity contribution is 7.98. The highest BCUT2D eigenvalue weighted by Crippen LogP contribution is 2.24. The van der Waals surface area contributed by atoms with Gasteiger partial charge in [-0.3, -0.25) is 4.79 Å². The van der Waals surface area contributed by atoms with E-state index < -0.39 is 0 Å². The van der Waals surface area contributed by atoms with Crippen LogP contribution in [0.4, 0.5) is 0 Å². The summed E-state index contributed by atoms with van der Waals surface area (Å²) in [6, 6.07) is 16.0. The maximum Gasteiger partial charge on any atom is 0.163 e. The van der Waals surface area contributed by atoms with Gasteiger partial charge in [0.2, 0.25) is 0 Å². The van der Waals surface area contributed by atoms with Gasteiger partial charge < -0.3 is 4.74 Å². The lowest BCUT2D eigenvalue weighted by molar-refractivity contribution is 0.0968. The van der Waals surface area contributed by atoms with Gasteiger partial charge in [-0.05, 0) is 35.7 Å². The molecule has 2 rings (SSSR count). The number of hydrogen-bond acceptors (Lipinski definition) is 3. The Labute approximate surface area is 136 Å². The van der Waals surface area contributed by atoms with Gasteiger partial charge in [0.25, 0.3) is 0 Å². The second-order valence-corrected chi connectivity index (χ2v) is 6.73. The molecule has 22 heavy (non-hydrogen) atoms. The standard InChI is InChI=1S/C19H22O2S/c1-14(2)12-19(20)16-6-10-18(11-7-16)22-13-15-4-8-17(21-3)9-5-15/h4-11,14H,12-13H2,1-3H3. The molecule has 2 nitrogen and oxygen atoms in total. The maximum absolute atomic E-state index is 12.0. The number of ketones is 1. The summed E-state index contributed by atoms with van der Waals surface area (Å²) in [6.45, 7) is 4.13. The highest BCUT2D eigenvalue weighted by atomic mass is 32.2. The summed E-state index contributed by atoms with van der Waals surface area (Å²) in [5.74, 6) is 2.41. The molecule has 0 heterocycles. The Morgan fingerprint density at radius 3 is 2.23 bits per heavy atom. The topological polar surface area (TPSA) is 26.3 Å². The first-order chi connectivity index (χ1) is 10.6. The lowest BCUT2D eigenvalue weighted by Gasteiger charge is -2.06. The number of hydrogen-bond donors (Lipinski definition) is 0. The zero-order valence-electron chi connectivity index (χ0n) is 13.3.